The van der Waals surface area contributed by atoms with Gasteiger partial charge < -0.3 is 37.6 Å². The molecule has 6 fully saturated rings. The molecule has 13 heteroatoms. The van der Waals surface area contributed by atoms with E-state index in [0.29, 0.717) is 12.0 Å². The number of epoxide rings is 1. The third kappa shape index (κ3) is 4.34. The van der Waals surface area contributed by atoms with Gasteiger partial charge in [-0.3, -0.25) is 19.2 Å². The lowest BCUT2D eigenvalue weighted by Crippen LogP contribution is -2.81. The van der Waals surface area contributed by atoms with Gasteiger partial charge in [0.25, 0.3) is 0 Å². The van der Waals surface area contributed by atoms with Gasteiger partial charge in [-0.1, -0.05) is 41.5 Å². The number of furan rings is 1. The summed E-state index contributed by atoms with van der Waals surface area (Å²) in [5, 5.41) is 0. The van der Waals surface area contributed by atoms with Crippen LogP contribution in [0.4, 0.5) is 0 Å². The number of ether oxygens (including phenoxy) is 7. The lowest BCUT2D eigenvalue weighted by molar-refractivity contribution is -0.326. The topological polar surface area (TPSA) is 166 Å². The van der Waals surface area contributed by atoms with E-state index in [2.05, 4.69) is 0 Å². The van der Waals surface area contributed by atoms with Crippen molar-refractivity contribution in [3.63, 3.8) is 0 Å². The Morgan fingerprint density at radius 2 is 1.60 bits per heavy atom. The molecule has 274 valence electrons. The number of rotatable bonds is 7. The van der Waals surface area contributed by atoms with Crippen LogP contribution in [0.2, 0.25) is 0 Å². The van der Waals surface area contributed by atoms with Crippen molar-refractivity contribution in [2.24, 2.45) is 39.4 Å². The van der Waals surface area contributed by atoms with Crippen molar-refractivity contribution in [3.05, 3.63) is 24.2 Å². The molecule has 1 aromatic rings. The molecule has 3 saturated heterocycles. The van der Waals surface area contributed by atoms with Crippen molar-refractivity contribution in [2.45, 2.75) is 130 Å². The molecular weight excluding hydrogens is 652 g/mol. The van der Waals surface area contributed by atoms with E-state index < -0.39 is 106 Å². The minimum absolute atomic E-state index is 0.149. The fourth-order valence-corrected chi connectivity index (χ4v) is 11.8. The second-order valence-electron chi connectivity index (χ2n) is 16.4. The molecule has 4 heterocycles. The first-order valence-corrected chi connectivity index (χ1v) is 17.7. The highest BCUT2D eigenvalue weighted by Gasteiger charge is 2.92. The van der Waals surface area contributed by atoms with Crippen molar-refractivity contribution >= 4 is 29.8 Å². The van der Waals surface area contributed by atoms with E-state index in [-0.39, 0.29) is 31.3 Å². The summed E-state index contributed by atoms with van der Waals surface area (Å²) in [6.45, 7) is 15.7. The quantitative estimate of drug-likeness (QED) is 0.225. The molecule has 3 aliphatic carbocycles. The number of hydrogen-bond acceptors (Lipinski definition) is 13. The molecule has 0 bridgehead atoms. The molecule has 50 heavy (non-hydrogen) atoms. The summed E-state index contributed by atoms with van der Waals surface area (Å²) < 4.78 is 50.1. The van der Waals surface area contributed by atoms with Crippen molar-refractivity contribution in [1.82, 2.24) is 0 Å². The van der Waals surface area contributed by atoms with Gasteiger partial charge in [0.1, 0.15) is 36.1 Å². The van der Waals surface area contributed by atoms with Gasteiger partial charge in [-0.25, -0.2) is 4.79 Å². The SMILES string of the molecule is CCC(C)C(=O)O[C@@H]1C[C@H](OC(C)=O)[C@]2(C)[C@H]3[C@@H](OC(C)=O)C[C@@]4(C)[C@H](c5ccoc5)OC(=O)[C@H]5O[C@]54[C@]3(C)[C@H](OC(C)=O)[C@@H]3OC[C@@]1(C)[C@H]32. The zero-order chi connectivity index (χ0) is 36.3. The van der Waals surface area contributed by atoms with Gasteiger partial charge in [0.15, 0.2) is 6.10 Å². The zero-order valence-corrected chi connectivity index (χ0v) is 30.1. The van der Waals surface area contributed by atoms with Gasteiger partial charge in [-0.15, -0.1) is 0 Å². The van der Waals surface area contributed by atoms with E-state index in [1.165, 1.54) is 33.3 Å². The van der Waals surface area contributed by atoms with E-state index >= 15 is 0 Å². The van der Waals surface area contributed by atoms with Crippen LogP contribution in [-0.2, 0) is 57.1 Å². The average molecular weight is 701 g/mol. The molecule has 3 saturated carbocycles. The van der Waals surface area contributed by atoms with E-state index in [9.17, 15) is 24.0 Å². The number of hydrogen-bond donors (Lipinski definition) is 0. The summed E-state index contributed by atoms with van der Waals surface area (Å²) >= 11 is 0. The third-order valence-electron chi connectivity index (χ3n) is 13.7. The Balaban J connectivity index is 1.48. The predicted octanol–water partition coefficient (Wildman–Crippen LogP) is 4.25. The normalized spacial score (nSPS) is 47.2. The maximum Gasteiger partial charge on any atom is 0.339 e. The highest BCUT2D eigenvalue weighted by atomic mass is 16.7. The molecule has 1 aromatic heterocycles. The minimum atomic E-state index is -1.30. The highest BCUT2D eigenvalue weighted by Crippen LogP contribution is 2.81. The summed E-state index contributed by atoms with van der Waals surface area (Å²) in [7, 11) is 0. The second kappa shape index (κ2) is 11.3. The van der Waals surface area contributed by atoms with Crippen molar-refractivity contribution in [3.8, 4) is 0 Å². The van der Waals surface area contributed by atoms with Gasteiger partial charge in [0, 0.05) is 66.3 Å². The Morgan fingerprint density at radius 1 is 0.920 bits per heavy atom. The summed E-state index contributed by atoms with van der Waals surface area (Å²) in [5.74, 6) is -4.16. The van der Waals surface area contributed by atoms with E-state index in [4.69, 9.17) is 37.6 Å². The van der Waals surface area contributed by atoms with Gasteiger partial charge >= 0.3 is 29.8 Å². The summed E-state index contributed by atoms with van der Waals surface area (Å²) in [5.41, 5.74) is -4.86. The Kier molecular flexibility index (Phi) is 7.89. The Hall–Kier alpha value is -3.45. The molecular formula is C37H48O13. The van der Waals surface area contributed by atoms with E-state index in [1.807, 2.05) is 34.6 Å². The molecule has 1 spiro atoms. The molecule has 0 radical (unpaired) electrons. The number of cyclic esters (lactones) is 1. The van der Waals surface area contributed by atoms with Crippen LogP contribution < -0.4 is 0 Å². The van der Waals surface area contributed by atoms with Crippen LogP contribution in [0.25, 0.3) is 0 Å². The molecule has 0 N–H and O–H groups in total. The van der Waals surface area contributed by atoms with Gasteiger partial charge in [0.2, 0.25) is 0 Å². The Bertz CT molecular complexity index is 1610. The fraction of sp³-hybridized carbons (Fsp3) is 0.757. The van der Waals surface area contributed by atoms with Crippen LogP contribution in [0.3, 0.4) is 0 Å². The van der Waals surface area contributed by atoms with Gasteiger partial charge in [-0.2, -0.15) is 0 Å². The van der Waals surface area contributed by atoms with E-state index in [1.54, 1.807) is 13.0 Å². The Morgan fingerprint density at radius 3 is 2.20 bits per heavy atom. The predicted molar refractivity (Wildman–Crippen MR) is 170 cm³/mol. The first-order valence-electron chi connectivity index (χ1n) is 17.7. The largest absolute Gasteiger partial charge is 0.472 e. The van der Waals surface area contributed by atoms with Crippen LogP contribution in [0.5, 0.6) is 0 Å². The van der Waals surface area contributed by atoms with Crippen LogP contribution >= 0.6 is 0 Å². The number of esters is 5. The van der Waals surface area contributed by atoms with Crippen LogP contribution in [0.15, 0.2) is 23.0 Å². The number of carbonyl (C=O) groups is 5. The fourth-order valence-electron chi connectivity index (χ4n) is 11.8. The second-order valence-corrected chi connectivity index (χ2v) is 16.4. The monoisotopic (exact) mass is 700 g/mol. The Labute approximate surface area is 291 Å². The molecule has 1 unspecified atom stereocenters. The van der Waals surface area contributed by atoms with Crippen molar-refractivity contribution in [1.29, 1.82) is 0 Å². The molecule has 6 aliphatic rings. The highest BCUT2D eigenvalue weighted by molar-refractivity contribution is 5.83. The molecule has 15 atom stereocenters. The first kappa shape index (κ1) is 35.0. The van der Waals surface area contributed by atoms with Gasteiger partial charge in [-0.05, 0) is 18.9 Å². The number of fused-ring (bicyclic) bond motifs is 2. The van der Waals surface area contributed by atoms with Gasteiger partial charge in [0.05, 0.1) is 31.2 Å². The molecule has 7 rings (SSSR count). The average Bonchev–Trinajstić information content (AvgIpc) is 3.40. The van der Waals surface area contributed by atoms with Crippen LogP contribution in [0, 0.1) is 39.4 Å². The summed E-state index contributed by atoms with van der Waals surface area (Å²) in [6.07, 6.45) is -2.17. The van der Waals surface area contributed by atoms with Crippen molar-refractivity contribution in [2.75, 3.05) is 6.61 Å². The van der Waals surface area contributed by atoms with Crippen LogP contribution in [-0.4, -0.2) is 78.7 Å². The third-order valence-corrected chi connectivity index (χ3v) is 13.7. The minimum Gasteiger partial charge on any atom is -0.472 e. The zero-order valence-electron chi connectivity index (χ0n) is 30.1. The van der Waals surface area contributed by atoms with Crippen molar-refractivity contribution < 1.29 is 61.5 Å². The summed E-state index contributed by atoms with van der Waals surface area (Å²) in [6, 6.07) is 1.72. The standard InChI is InChI=1S/C37H48O13/c1-10-17(2)31(41)48-23-13-24(46-19(4)39)35(8)26-22(45-18(3)38)14-34(7)28(21-11-12-43-15-21)49-32(42)30-37(34,50-30)36(26,9)29(47-20(5)40)25-27(35)33(23,6)16-44-25/h11-12,15,17,22-30H,10,13-14,16H2,1-9H3/t17?,22-,23+,24-,25+,26+,27-,28-,29+,30+,33+,34-,35+,36-,37+/m0/s1. The van der Waals surface area contributed by atoms with Crippen LogP contribution in [0.1, 0.15) is 93.2 Å². The molecule has 0 amide bonds. The van der Waals surface area contributed by atoms with E-state index in [0.717, 1.165) is 0 Å². The lowest BCUT2D eigenvalue weighted by Gasteiger charge is -2.72. The first-order chi connectivity index (χ1) is 23.4. The molecule has 3 aliphatic heterocycles. The molecule has 0 aromatic carbocycles. The molecule has 13 nitrogen and oxygen atoms in total. The maximum absolute atomic E-state index is 13.8. The lowest BCUT2D eigenvalue weighted by atomic mass is 9.33. The maximum atomic E-state index is 13.8. The number of carbonyl (C=O) groups excluding carboxylic acids is 5. The summed E-state index contributed by atoms with van der Waals surface area (Å²) in [4.78, 5) is 66.3. The smallest absolute Gasteiger partial charge is 0.339 e.